The van der Waals surface area contributed by atoms with Crippen molar-refractivity contribution in [2.24, 2.45) is 0 Å². The Morgan fingerprint density at radius 3 is 2.35 bits per heavy atom. The van der Waals surface area contributed by atoms with Crippen molar-refractivity contribution in [3.05, 3.63) is 35.9 Å². The monoisotopic (exact) mass is 319 g/mol. The molecular formula is C18H29N3O2. The van der Waals surface area contributed by atoms with E-state index in [2.05, 4.69) is 9.80 Å². The summed E-state index contributed by atoms with van der Waals surface area (Å²) in [7, 11) is 1.87. The Morgan fingerprint density at radius 1 is 1.17 bits per heavy atom. The largest absolute Gasteiger partial charge is 0.392 e. The maximum Gasteiger partial charge on any atom is 0.239 e. The van der Waals surface area contributed by atoms with Gasteiger partial charge in [-0.05, 0) is 19.4 Å². The summed E-state index contributed by atoms with van der Waals surface area (Å²) in [6.07, 6.45) is -0.294. The Labute approximate surface area is 139 Å². The van der Waals surface area contributed by atoms with Gasteiger partial charge in [0.1, 0.15) is 0 Å². The summed E-state index contributed by atoms with van der Waals surface area (Å²) in [6, 6.07) is 9.97. The van der Waals surface area contributed by atoms with Crippen molar-refractivity contribution < 1.29 is 9.90 Å². The molecule has 0 saturated carbocycles. The highest BCUT2D eigenvalue weighted by molar-refractivity contribution is 5.81. The number of β-amino-alcohol motifs (C(OH)–C–C–N with tert-alkyl or cyclic N) is 1. The zero-order valence-corrected chi connectivity index (χ0v) is 14.5. The third-order valence-corrected chi connectivity index (χ3v) is 4.47. The van der Waals surface area contributed by atoms with Crippen molar-refractivity contribution in [1.29, 1.82) is 0 Å². The fourth-order valence-corrected chi connectivity index (χ4v) is 3.12. The summed E-state index contributed by atoms with van der Waals surface area (Å²) in [6.45, 7) is 8.73. The van der Waals surface area contributed by atoms with Gasteiger partial charge in [-0.1, -0.05) is 30.3 Å². The van der Waals surface area contributed by atoms with Gasteiger partial charge in [-0.15, -0.1) is 0 Å². The number of aliphatic hydroxyl groups excluding tert-OH is 1. The van der Waals surface area contributed by atoms with Gasteiger partial charge in [-0.2, -0.15) is 0 Å². The molecule has 1 aliphatic rings. The van der Waals surface area contributed by atoms with E-state index in [0.717, 1.165) is 31.7 Å². The fourth-order valence-electron chi connectivity index (χ4n) is 3.12. The molecule has 0 bridgehead atoms. The molecule has 128 valence electrons. The molecule has 0 spiro atoms. The van der Waals surface area contributed by atoms with Gasteiger partial charge in [-0.25, -0.2) is 0 Å². The summed E-state index contributed by atoms with van der Waals surface area (Å²) >= 11 is 0. The Kier molecular flexibility index (Phi) is 6.57. The van der Waals surface area contributed by atoms with Crippen molar-refractivity contribution in [3.63, 3.8) is 0 Å². The van der Waals surface area contributed by atoms with Gasteiger partial charge >= 0.3 is 0 Å². The highest BCUT2D eigenvalue weighted by Crippen LogP contribution is 2.11. The van der Waals surface area contributed by atoms with E-state index in [1.165, 1.54) is 0 Å². The first-order valence-electron chi connectivity index (χ1n) is 8.40. The lowest BCUT2D eigenvalue weighted by Crippen LogP contribution is -2.54. The number of hydrogen-bond donors (Lipinski definition) is 1. The smallest absolute Gasteiger partial charge is 0.239 e. The fraction of sp³-hybridized carbons (Fsp3) is 0.611. The summed E-state index contributed by atoms with van der Waals surface area (Å²) < 4.78 is 0. The molecule has 0 aliphatic carbocycles. The lowest BCUT2D eigenvalue weighted by molar-refractivity contribution is -0.136. The van der Waals surface area contributed by atoms with E-state index in [9.17, 15) is 9.90 Å². The molecule has 1 N–H and O–H groups in total. The number of aliphatic hydroxyl groups is 1. The third-order valence-electron chi connectivity index (χ3n) is 4.47. The summed E-state index contributed by atoms with van der Waals surface area (Å²) in [4.78, 5) is 18.9. The second kappa shape index (κ2) is 8.43. The summed E-state index contributed by atoms with van der Waals surface area (Å²) in [5, 5.41) is 9.46. The highest BCUT2D eigenvalue weighted by atomic mass is 16.3. The second-order valence-corrected chi connectivity index (χ2v) is 6.54. The molecule has 2 unspecified atom stereocenters. The van der Waals surface area contributed by atoms with Crippen LogP contribution in [0.5, 0.6) is 0 Å². The van der Waals surface area contributed by atoms with Gasteiger partial charge in [0.05, 0.1) is 12.1 Å². The van der Waals surface area contributed by atoms with E-state index < -0.39 is 0 Å². The first-order chi connectivity index (χ1) is 11.0. The van der Waals surface area contributed by atoms with E-state index in [-0.39, 0.29) is 18.1 Å². The van der Waals surface area contributed by atoms with Crippen LogP contribution >= 0.6 is 0 Å². The van der Waals surface area contributed by atoms with E-state index in [0.29, 0.717) is 13.1 Å². The van der Waals surface area contributed by atoms with E-state index in [1.807, 2.05) is 56.1 Å². The van der Waals surface area contributed by atoms with Crippen LogP contribution in [0.25, 0.3) is 0 Å². The number of piperazine rings is 1. The number of benzene rings is 1. The molecule has 1 saturated heterocycles. The van der Waals surface area contributed by atoms with Gasteiger partial charge in [0.2, 0.25) is 5.91 Å². The molecule has 1 heterocycles. The van der Waals surface area contributed by atoms with Crippen LogP contribution in [0.1, 0.15) is 19.4 Å². The van der Waals surface area contributed by atoms with Crippen molar-refractivity contribution in [3.8, 4) is 0 Å². The average Bonchev–Trinajstić information content (AvgIpc) is 2.54. The Morgan fingerprint density at radius 2 is 1.78 bits per heavy atom. The molecule has 1 aromatic carbocycles. The van der Waals surface area contributed by atoms with Crippen molar-refractivity contribution in [2.75, 3.05) is 39.8 Å². The quantitative estimate of drug-likeness (QED) is 0.851. The van der Waals surface area contributed by atoms with Crippen LogP contribution in [0, 0.1) is 0 Å². The first kappa shape index (κ1) is 17.9. The number of carbonyl (C=O) groups is 1. The molecule has 5 heteroatoms. The normalized spacial score (nSPS) is 19.3. The van der Waals surface area contributed by atoms with Crippen LogP contribution in [0.15, 0.2) is 30.3 Å². The van der Waals surface area contributed by atoms with Crippen LogP contribution in [-0.4, -0.2) is 77.6 Å². The topological polar surface area (TPSA) is 47.0 Å². The average molecular weight is 319 g/mol. The Balaban J connectivity index is 1.83. The van der Waals surface area contributed by atoms with Gasteiger partial charge in [-0.3, -0.25) is 14.6 Å². The van der Waals surface area contributed by atoms with Gasteiger partial charge < -0.3 is 10.0 Å². The molecule has 1 aromatic rings. The minimum atomic E-state index is -0.294. The summed E-state index contributed by atoms with van der Waals surface area (Å²) in [5.74, 6) is 0.165. The minimum Gasteiger partial charge on any atom is -0.392 e. The highest BCUT2D eigenvalue weighted by Gasteiger charge is 2.27. The predicted molar refractivity (Wildman–Crippen MR) is 92.1 cm³/mol. The van der Waals surface area contributed by atoms with Crippen LogP contribution in [-0.2, 0) is 11.3 Å². The van der Waals surface area contributed by atoms with Crippen LogP contribution in [0.3, 0.4) is 0 Å². The summed E-state index contributed by atoms with van der Waals surface area (Å²) in [5.41, 5.74) is 1.15. The molecule has 2 atom stereocenters. The van der Waals surface area contributed by atoms with Crippen molar-refractivity contribution in [2.45, 2.75) is 32.5 Å². The van der Waals surface area contributed by atoms with E-state index in [4.69, 9.17) is 0 Å². The molecule has 0 aromatic heterocycles. The van der Waals surface area contributed by atoms with Crippen LogP contribution in [0.4, 0.5) is 0 Å². The lowest BCUT2D eigenvalue weighted by atomic mass is 10.1. The predicted octanol–water partition coefficient (Wildman–Crippen LogP) is 1.03. The Bertz CT molecular complexity index is 484. The van der Waals surface area contributed by atoms with Gasteiger partial charge in [0, 0.05) is 46.3 Å². The van der Waals surface area contributed by atoms with E-state index >= 15 is 0 Å². The molecule has 1 aliphatic heterocycles. The lowest BCUT2D eigenvalue weighted by Gasteiger charge is -2.38. The third kappa shape index (κ3) is 5.30. The van der Waals surface area contributed by atoms with Gasteiger partial charge in [0.15, 0.2) is 0 Å². The first-order valence-corrected chi connectivity index (χ1v) is 8.40. The molecular weight excluding hydrogens is 290 g/mol. The molecule has 1 fully saturated rings. The molecule has 1 amide bonds. The number of likely N-dealkylation sites (N-methyl/N-ethyl adjacent to an activating group) is 1. The number of hydrogen-bond acceptors (Lipinski definition) is 4. The van der Waals surface area contributed by atoms with Crippen molar-refractivity contribution in [1.82, 2.24) is 14.7 Å². The zero-order chi connectivity index (χ0) is 16.8. The maximum atomic E-state index is 12.6. The molecule has 0 radical (unpaired) electrons. The minimum absolute atomic E-state index is 0.0996. The maximum absolute atomic E-state index is 12.6. The number of rotatable bonds is 6. The van der Waals surface area contributed by atoms with Gasteiger partial charge in [0.25, 0.3) is 0 Å². The number of nitrogens with zero attached hydrogens (tertiary/aromatic N) is 3. The second-order valence-electron chi connectivity index (χ2n) is 6.54. The molecule has 5 nitrogen and oxygen atoms in total. The van der Waals surface area contributed by atoms with Crippen LogP contribution in [0.2, 0.25) is 0 Å². The van der Waals surface area contributed by atoms with Crippen LogP contribution < -0.4 is 0 Å². The SMILES string of the molecule is CC(O)CN1CCN(C(C)C(=O)N(C)Cc2ccccc2)CC1. The van der Waals surface area contributed by atoms with E-state index in [1.54, 1.807) is 0 Å². The zero-order valence-electron chi connectivity index (χ0n) is 14.5. The molecule has 2 rings (SSSR count). The Hall–Kier alpha value is -1.43. The number of amides is 1. The molecule has 23 heavy (non-hydrogen) atoms. The van der Waals surface area contributed by atoms with Crippen molar-refractivity contribution >= 4 is 5.91 Å². The standard InChI is InChI=1S/C18H29N3O2/c1-15(22)13-20-9-11-21(12-10-20)16(2)18(23)19(3)14-17-7-5-4-6-8-17/h4-8,15-16,22H,9-14H2,1-3H3. The number of carbonyl (C=O) groups excluding carboxylic acids is 1.